The predicted molar refractivity (Wildman–Crippen MR) is 147 cm³/mol. The lowest BCUT2D eigenvalue weighted by Crippen LogP contribution is -2.49. The summed E-state index contributed by atoms with van der Waals surface area (Å²) < 4.78 is 26.3. The van der Waals surface area contributed by atoms with Gasteiger partial charge >= 0.3 is 0 Å². The molecule has 2 atom stereocenters. The van der Waals surface area contributed by atoms with Gasteiger partial charge in [0.15, 0.2) is 0 Å². The summed E-state index contributed by atoms with van der Waals surface area (Å²) in [5.74, 6) is -0.536. The molecule has 0 spiro atoms. The molecule has 1 N–H and O–H groups in total. The zero-order chi connectivity index (χ0) is 27.0. The number of hydrogen-bond acceptors (Lipinski definition) is 4. The minimum Gasteiger partial charge on any atom is -0.352 e. The van der Waals surface area contributed by atoms with Crippen LogP contribution in [0.3, 0.4) is 0 Å². The second-order valence-corrected chi connectivity index (χ2v) is 11.7. The van der Waals surface area contributed by atoms with Gasteiger partial charge in [0.25, 0.3) is 0 Å². The number of para-hydroxylation sites is 1. The van der Waals surface area contributed by atoms with E-state index in [1.54, 1.807) is 37.3 Å². The van der Waals surface area contributed by atoms with Gasteiger partial charge in [-0.2, -0.15) is 0 Å². The summed E-state index contributed by atoms with van der Waals surface area (Å²) in [6, 6.07) is 11.4. The molecule has 2 aromatic rings. The molecule has 2 amide bonds. The number of benzene rings is 2. The molecule has 0 radical (unpaired) electrons. The van der Waals surface area contributed by atoms with Crippen LogP contribution in [-0.4, -0.2) is 50.0 Å². The van der Waals surface area contributed by atoms with Crippen LogP contribution in [0.15, 0.2) is 42.5 Å². The molecule has 0 aliphatic heterocycles. The first kappa shape index (κ1) is 29.9. The number of rotatable bonds is 12. The van der Waals surface area contributed by atoms with Crippen LogP contribution in [0.5, 0.6) is 0 Å². The van der Waals surface area contributed by atoms with Crippen molar-refractivity contribution in [2.75, 3.05) is 17.1 Å². The summed E-state index contributed by atoms with van der Waals surface area (Å²) in [5, 5.41) is 3.80. The topological polar surface area (TPSA) is 86.8 Å². The molecule has 0 saturated carbocycles. The normalized spacial score (nSPS) is 13.1. The number of sulfonamides is 1. The Labute approximate surface area is 224 Å². The minimum atomic E-state index is -3.55. The highest BCUT2D eigenvalue weighted by Gasteiger charge is 2.28. The van der Waals surface area contributed by atoms with Gasteiger partial charge in [0, 0.05) is 35.6 Å². The predicted octanol–water partition coefficient (Wildman–Crippen LogP) is 5.18. The second kappa shape index (κ2) is 13.3. The van der Waals surface area contributed by atoms with Crippen LogP contribution >= 0.6 is 23.2 Å². The Morgan fingerprint density at radius 1 is 1.08 bits per heavy atom. The molecule has 0 fully saturated rings. The fourth-order valence-corrected chi connectivity index (χ4v) is 5.20. The highest BCUT2D eigenvalue weighted by atomic mass is 35.5. The van der Waals surface area contributed by atoms with Gasteiger partial charge < -0.3 is 10.2 Å². The molecule has 0 saturated heterocycles. The average Bonchev–Trinajstić information content (AvgIpc) is 2.80. The molecular weight excluding hydrogens is 521 g/mol. The third kappa shape index (κ3) is 8.39. The van der Waals surface area contributed by atoms with Crippen LogP contribution in [0, 0.1) is 6.92 Å². The van der Waals surface area contributed by atoms with Crippen molar-refractivity contribution in [2.45, 2.75) is 65.6 Å². The minimum absolute atomic E-state index is 0.0338. The standard InChI is InChI=1S/C26H35Cl2N3O4S/c1-6-19(3)29-26(33)20(4)30(17-21-13-14-22(27)16-23(21)28)25(32)12-9-15-31(36(5,34)35)24-11-8-7-10-18(24)2/h7-8,10-11,13-14,16,19-20H,6,9,12,15,17H2,1-5H3,(H,29,33). The summed E-state index contributed by atoms with van der Waals surface area (Å²) in [6.45, 7) is 7.64. The Hall–Kier alpha value is -2.29. The third-order valence-corrected chi connectivity index (χ3v) is 7.83. The molecule has 0 bridgehead atoms. The van der Waals surface area contributed by atoms with Gasteiger partial charge in [0.1, 0.15) is 6.04 Å². The molecule has 2 aromatic carbocycles. The van der Waals surface area contributed by atoms with Crippen LogP contribution in [0.4, 0.5) is 5.69 Å². The highest BCUT2D eigenvalue weighted by molar-refractivity contribution is 7.92. The van der Waals surface area contributed by atoms with Crippen molar-refractivity contribution in [3.63, 3.8) is 0 Å². The zero-order valence-electron chi connectivity index (χ0n) is 21.4. The van der Waals surface area contributed by atoms with Crippen LogP contribution < -0.4 is 9.62 Å². The first-order valence-electron chi connectivity index (χ1n) is 11.9. The van der Waals surface area contributed by atoms with E-state index in [-0.39, 0.29) is 43.8 Å². The van der Waals surface area contributed by atoms with E-state index in [9.17, 15) is 18.0 Å². The van der Waals surface area contributed by atoms with Gasteiger partial charge in [0.05, 0.1) is 11.9 Å². The van der Waals surface area contributed by atoms with Gasteiger partial charge in [-0.3, -0.25) is 13.9 Å². The average molecular weight is 557 g/mol. The Morgan fingerprint density at radius 3 is 2.33 bits per heavy atom. The first-order valence-corrected chi connectivity index (χ1v) is 14.5. The van der Waals surface area contributed by atoms with Crippen LogP contribution in [0.2, 0.25) is 10.0 Å². The summed E-state index contributed by atoms with van der Waals surface area (Å²) in [6.07, 6.45) is 2.25. The number of nitrogens with zero attached hydrogens (tertiary/aromatic N) is 2. The van der Waals surface area contributed by atoms with Crippen molar-refractivity contribution in [1.29, 1.82) is 0 Å². The fourth-order valence-electron chi connectivity index (χ4n) is 3.71. The Morgan fingerprint density at radius 2 is 1.75 bits per heavy atom. The smallest absolute Gasteiger partial charge is 0.242 e. The van der Waals surface area contributed by atoms with Gasteiger partial charge in [-0.15, -0.1) is 0 Å². The Bertz CT molecular complexity index is 1170. The molecule has 2 rings (SSSR count). The monoisotopic (exact) mass is 555 g/mol. The van der Waals surface area contributed by atoms with Crippen LogP contribution in [0.25, 0.3) is 0 Å². The third-order valence-electron chi connectivity index (χ3n) is 6.06. The van der Waals surface area contributed by atoms with Crippen molar-refractivity contribution in [1.82, 2.24) is 10.2 Å². The Kier molecular flexibility index (Phi) is 11.1. The number of halogens is 2. The maximum absolute atomic E-state index is 13.4. The van der Waals surface area contributed by atoms with E-state index in [2.05, 4.69) is 5.32 Å². The lowest BCUT2D eigenvalue weighted by Gasteiger charge is -2.30. The fraction of sp³-hybridized carbons (Fsp3) is 0.462. The quantitative estimate of drug-likeness (QED) is 0.391. The van der Waals surface area contributed by atoms with Gasteiger partial charge in [-0.25, -0.2) is 8.42 Å². The van der Waals surface area contributed by atoms with Gasteiger partial charge in [-0.05, 0) is 62.9 Å². The first-order chi connectivity index (χ1) is 16.8. The van der Waals surface area contributed by atoms with Crippen molar-refractivity contribution in [2.24, 2.45) is 0 Å². The SMILES string of the molecule is CCC(C)NC(=O)C(C)N(Cc1ccc(Cl)cc1Cl)C(=O)CCCN(c1ccccc1C)S(C)(=O)=O. The van der Waals surface area contributed by atoms with E-state index in [0.29, 0.717) is 21.3 Å². The molecule has 198 valence electrons. The number of carbonyl (C=O) groups is 2. The molecule has 2 unspecified atom stereocenters. The van der Waals surface area contributed by atoms with Crippen LogP contribution in [0.1, 0.15) is 51.2 Å². The highest BCUT2D eigenvalue weighted by Crippen LogP contribution is 2.25. The molecule has 10 heteroatoms. The maximum Gasteiger partial charge on any atom is 0.242 e. The van der Waals surface area contributed by atoms with Gasteiger partial charge in [-0.1, -0.05) is 54.4 Å². The molecule has 0 aliphatic carbocycles. The van der Waals surface area contributed by atoms with Gasteiger partial charge in [0.2, 0.25) is 21.8 Å². The number of aryl methyl sites for hydroxylation is 1. The van der Waals surface area contributed by atoms with Crippen molar-refractivity contribution in [3.8, 4) is 0 Å². The van der Waals surface area contributed by atoms with E-state index in [1.165, 1.54) is 9.21 Å². The Balaban J connectivity index is 2.22. The number of anilines is 1. The van der Waals surface area contributed by atoms with E-state index in [1.807, 2.05) is 32.9 Å². The largest absolute Gasteiger partial charge is 0.352 e. The molecular formula is C26H35Cl2N3O4S. The summed E-state index contributed by atoms with van der Waals surface area (Å²) in [5.41, 5.74) is 2.07. The molecule has 0 heterocycles. The number of carbonyl (C=O) groups excluding carboxylic acids is 2. The molecule has 0 aromatic heterocycles. The number of nitrogens with one attached hydrogen (secondary N) is 1. The van der Waals surface area contributed by atoms with E-state index in [4.69, 9.17) is 23.2 Å². The van der Waals surface area contributed by atoms with E-state index in [0.717, 1.165) is 18.2 Å². The second-order valence-electron chi connectivity index (χ2n) is 8.98. The lowest BCUT2D eigenvalue weighted by molar-refractivity contribution is -0.140. The number of hydrogen-bond donors (Lipinski definition) is 1. The summed E-state index contributed by atoms with van der Waals surface area (Å²) in [7, 11) is -3.55. The van der Waals surface area contributed by atoms with E-state index >= 15 is 0 Å². The summed E-state index contributed by atoms with van der Waals surface area (Å²) in [4.78, 5) is 27.7. The van der Waals surface area contributed by atoms with Crippen LogP contribution in [-0.2, 0) is 26.2 Å². The lowest BCUT2D eigenvalue weighted by atomic mass is 10.1. The zero-order valence-corrected chi connectivity index (χ0v) is 23.8. The van der Waals surface area contributed by atoms with Crippen molar-refractivity contribution < 1.29 is 18.0 Å². The molecule has 0 aliphatic rings. The molecule has 36 heavy (non-hydrogen) atoms. The number of amides is 2. The van der Waals surface area contributed by atoms with E-state index < -0.39 is 16.1 Å². The van der Waals surface area contributed by atoms with Crippen molar-refractivity contribution in [3.05, 3.63) is 63.6 Å². The van der Waals surface area contributed by atoms with Crippen molar-refractivity contribution >= 4 is 50.7 Å². The molecule has 7 nitrogen and oxygen atoms in total. The maximum atomic E-state index is 13.4. The summed E-state index contributed by atoms with van der Waals surface area (Å²) >= 11 is 12.4.